The number of urea groups is 1. The topological polar surface area (TPSA) is 102 Å². The first-order valence-corrected chi connectivity index (χ1v) is 10.0. The molecule has 0 aliphatic heterocycles. The predicted octanol–water partition coefficient (Wildman–Crippen LogP) is 3.29. The lowest BCUT2D eigenvalue weighted by Gasteiger charge is -2.13. The van der Waals surface area contributed by atoms with Crippen molar-refractivity contribution in [2.45, 2.75) is 18.3 Å². The Kier molecular flexibility index (Phi) is 6.90. The first kappa shape index (κ1) is 22.3. The van der Waals surface area contributed by atoms with Gasteiger partial charge in [0.25, 0.3) is 0 Å². The lowest BCUT2D eigenvalue weighted by atomic mass is 10.2. The summed E-state index contributed by atoms with van der Waals surface area (Å²) in [5.41, 5.74) is -0.128. The van der Waals surface area contributed by atoms with Crippen LogP contribution in [-0.4, -0.2) is 44.0 Å². The number of nitrogens with zero attached hydrogens (tertiary/aromatic N) is 4. The average Bonchev–Trinajstić information content (AvgIpc) is 3.16. The fraction of sp³-hybridized carbons (Fsp3) is 0.211. The summed E-state index contributed by atoms with van der Waals surface area (Å²) in [4.78, 5) is 27.5. The van der Waals surface area contributed by atoms with Gasteiger partial charge in [-0.1, -0.05) is 17.8 Å². The van der Waals surface area contributed by atoms with Crippen molar-refractivity contribution in [3.63, 3.8) is 0 Å². The highest BCUT2D eigenvalue weighted by Crippen LogP contribution is 2.33. The second-order valence-corrected chi connectivity index (χ2v) is 7.07. The van der Waals surface area contributed by atoms with Gasteiger partial charge in [-0.3, -0.25) is 19.7 Å². The number of aromatic nitrogens is 4. The Morgan fingerprint density at radius 1 is 1.16 bits per heavy atom. The van der Waals surface area contributed by atoms with Crippen LogP contribution in [0.1, 0.15) is 12.5 Å². The normalized spacial score (nSPS) is 11.2. The number of hydrogen-bond acceptors (Lipinski definition) is 6. The maximum atomic E-state index is 13.2. The molecule has 2 N–H and O–H groups in total. The molecule has 0 aliphatic rings. The molecule has 2 aromatic heterocycles. The molecular formula is C19H17F3N6O2S. The predicted molar refractivity (Wildman–Crippen MR) is 108 cm³/mol. The van der Waals surface area contributed by atoms with Crippen LogP contribution in [0.15, 0.2) is 53.9 Å². The zero-order valence-corrected chi connectivity index (χ0v) is 17.0. The number of rotatable bonds is 6. The van der Waals surface area contributed by atoms with Gasteiger partial charge in [-0.2, -0.15) is 13.2 Å². The number of nitrogens with one attached hydrogen (secondary N) is 2. The van der Waals surface area contributed by atoms with E-state index in [0.717, 1.165) is 23.9 Å². The van der Waals surface area contributed by atoms with Crippen LogP contribution in [0.2, 0.25) is 0 Å². The van der Waals surface area contributed by atoms with Crippen molar-refractivity contribution < 1.29 is 22.8 Å². The van der Waals surface area contributed by atoms with E-state index in [-0.39, 0.29) is 22.4 Å². The molecule has 0 bridgehead atoms. The average molecular weight is 450 g/mol. The molecule has 12 heteroatoms. The molecule has 3 rings (SSSR count). The Morgan fingerprint density at radius 2 is 1.97 bits per heavy atom. The summed E-state index contributed by atoms with van der Waals surface area (Å²) in [6, 6.07) is 7.42. The van der Waals surface area contributed by atoms with Crippen molar-refractivity contribution in [2.24, 2.45) is 0 Å². The summed E-state index contributed by atoms with van der Waals surface area (Å²) in [6.07, 6.45) is -1.47. The number of imide groups is 1. The molecule has 0 saturated carbocycles. The molecule has 3 amide bonds. The smallest absolute Gasteiger partial charge is 0.338 e. The molecule has 8 nitrogen and oxygen atoms in total. The number of thioether (sulfide) groups is 1. The Balaban J connectivity index is 1.95. The number of carbonyl (C=O) groups is 2. The third-order valence-corrected chi connectivity index (χ3v) is 4.84. The molecule has 31 heavy (non-hydrogen) atoms. The van der Waals surface area contributed by atoms with E-state index in [9.17, 15) is 22.8 Å². The Morgan fingerprint density at radius 3 is 2.65 bits per heavy atom. The number of carbonyl (C=O) groups excluding carboxylic acids is 2. The summed E-state index contributed by atoms with van der Waals surface area (Å²) in [7, 11) is 0. The zero-order chi connectivity index (χ0) is 22.4. The highest BCUT2D eigenvalue weighted by molar-refractivity contribution is 7.99. The molecule has 3 aromatic rings. The molecular weight excluding hydrogens is 433 g/mol. The zero-order valence-electron chi connectivity index (χ0n) is 16.2. The molecule has 2 heterocycles. The fourth-order valence-corrected chi connectivity index (χ4v) is 3.35. The molecule has 0 spiro atoms. The Labute approximate surface area is 179 Å². The summed E-state index contributed by atoms with van der Waals surface area (Å²) in [6.45, 7) is 2.06. The van der Waals surface area contributed by atoms with E-state index < -0.39 is 23.7 Å². The van der Waals surface area contributed by atoms with Crippen LogP contribution >= 0.6 is 11.8 Å². The number of halogens is 3. The largest absolute Gasteiger partial charge is 0.416 e. The van der Waals surface area contributed by atoms with E-state index >= 15 is 0 Å². The minimum Gasteiger partial charge on any atom is -0.338 e. The lowest BCUT2D eigenvalue weighted by Crippen LogP contribution is -2.40. The molecule has 0 saturated heterocycles. The number of alkyl halides is 3. The van der Waals surface area contributed by atoms with Crippen LogP contribution in [0.3, 0.4) is 0 Å². The summed E-state index contributed by atoms with van der Waals surface area (Å²) in [5, 5.41) is 12.9. The first-order chi connectivity index (χ1) is 14.8. The molecule has 1 aromatic carbocycles. The molecule has 0 unspecified atom stereocenters. The Bertz CT molecular complexity index is 1070. The van der Waals surface area contributed by atoms with E-state index in [1.165, 1.54) is 22.9 Å². The van der Waals surface area contributed by atoms with Gasteiger partial charge < -0.3 is 5.32 Å². The number of benzene rings is 1. The number of pyridine rings is 1. The summed E-state index contributed by atoms with van der Waals surface area (Å²) < 4.78 is 41.1. The van der Waals surface area contributed by atoms with Crippen molar-refractivity contribution in [2.75, 3.05) is 12.3 Å². The van der Waals surface area contributed by atoms with E-state index in [0.29, 0.717) is 12.1 Å². The molecule has 0 fully saturated rings. The minimum absolute atomic E-state index is 0.172. The first-order valence-electron chi connectivity index (χ1n) is 9.03. The van der Waals surface area contributed by atoms with Gasteiger partial charge in [0.05, 0.1) is 17.0 Å². The van der Waals surface area contributed by atoms with Gasteiger partial charge in [0.2, 0.25) is 5.91 Å². The molecule has 0 radical (unpaired) electrons. The molecule has 0 aliphatic carbocycles. The van der Waals surface area contributed by atoms with Crippen LogP contribution in [-0.2, 0) is 11.0 Å². The summed E-state index contributed by atoms with van der Waals surface area (Å²) >= 11 is 0.935. The number of hydrogen-bond donors (Lipinski definition) is 2. The quantitative estimate of drug-likeness (QED) is 0.559. The molecule has 0 atom stereocenters. The Hall–Kier alpha value is -3.41. The highest BCUT2D eigenvalue weighted by atomic mass is 32.2. The van der Waals surface area contributed by atoms with E-state index in [1.54, 1.807) is 25.3 Å². The maximum Gasteiger partial charge on any atom is 0.416 e. The van der Waals surface area contributed by atoms with Crippen LogP contribution in [0, 0.1) is 0 Å². The van der Waals surface area contributed by atoms with E-state index in [4.69, 9.17) is 0 Å². The van der Waals surface area contributed by atoms with Gasteiger partial charge in [0.15, 0.2) is 11.0 Å². The van der Waals surface area contributed by atoms with Crippen molar-refractivity contribution in [3.05, 3.63) is 54.4 Å². The fourth-order valence-electron chi connectivity index (χ4n) is 2.60. The van der Waals surface area contributed by atoms with Crippen LogP contribution < -0.4 is 10.6 Å². The minimum atomic E-state index is -4.53. The van der Waals surface area contributed by atoms with Crippen molar-refractivity contribution in [1.29, 1.82) is 0 Å². The van der Waals surface area contributed by atoms with E-state index in [2.05, 4.69) is 25.8 Å². The molecule has 162 valence electrons. The maximum absolute atomic E-state index is 13.2. The van der Waals surface area contributed by atoms with Crippen molar-refractivity contribution in [3.8, 4) is 17.1 Å². The third kappa shape index (κ3) is 5.60. The van der Waals surface area contributed by atoms with Gasteiger partial charge in [-0.05, 0) is 37.3 Å². The van der Waals surface area contributed by atoms with Crippen molar-refractivity contribution >= 4 is 23.7 Å². The van der Waals surface area contributed by atoms with Crippen LogP contribution in [0.4, 0.5) is 18.0 Å². The van der Waals surface area contributed by atoms with Crippen LogP contribution in [0.25, 0.3) is 17.1 Å². The third-order valence-electron chi connectivity index (χ3n) is 3.91. The highest BCUT2D eigenvalue weighted by Gasteiger charge is 2.31. The van der Waals surface area contributed by atoms with Gasteiger partial charge in [0, 0.05) is 24.5 Å². The SMILES string of the molecule is CCNC(=O)NC(=O)CSc1nnc(-c2cccnc2)n1-c1cccc(C(F)(F)F)c1. The van der Waals surface area contributed by atoms with E-state index in [1.807, 2.05) is 0 Å². The van der Waals surface area contributed by atoms with Gasteiger partial charge in [-0.15, -0.1) is 10.2 Å². The lowest BCUT2D eigenvalue weighted by molar-refractivity contribution is -0.137. The van der Waals surface area contributed by atoms with Gasteiger partial charge in [0.1, 0.15) is 0 Å². The van der Waals surface area contributed by atoms with Gasteiger partial charge in [-0.25, -0.2) is 4.79 Å². The van der Waals surface area contributed by atoms with Crippen molar-refractivity contribution in [1.82, 2.24) is 30.4 Å². The standard InChI is InChI=1S/C19H17F3N6O2S/c1-2-24-17(30)25-15(29)11-31-18-27-26-16(12-5-4-8-23-10-12)28(18)14-7-3-6-13(9-14)19(20,21)22/h3-10H,2,11H2,1H3,(H2,24,25,29,30). The second kappa shape index (κ2) is 9.60. The monoisotopic (exact) mass is 450 g/mol. The van der Waals surface area contributed by atoms with Crippen LogP contribution in [0.5, 0.6) is 0 Å². The van der Waals surface area contributed by atoms with Gasteiger partial charge >= 0.3 is 12.2 Å². The summed E-state index contributed by atoms with van der Waals surface area (Å²) in [5.74, 6) is -0.516. The number of amides is 3. The second-order valence-electron chi connectivity index (χ2n) is 6.13.